The molecule has 0 aliphatic heterocycles. The van der Waals surface area contributed by atoms with Gasteiger partial charge in [-0.15, -0.1) is 0 Å². The van der Waals surface area contributed by atoms with E-state index < -0.39 is 6.09 Å². The highest BCUT2D eigenvalue weighted by Gasteiger charge is 2.18. The number of aromatic nitrogens is 4. The van der Waals surface area contributed by atoms with Crippen LogP contribution in [0.3, 0.4) is 0 Å². The SMILES string of the molecule is COC(=O)Nc1cc(Nc2nc(Nc3cc(C)[nH]n3)cnc2C(=O)N(C)C)ccc1C. The lowest BCUT2D eigenvalue weighted by molar-refractivity contribution is 0.0822. The minimum atomic E-state index is -0.580. The van der Waals surface area contributed by atoms with Gasteiger partial charge < -0.3 is 20.3 Å². The number of anilines is 5. The molecule has 0 bridgehead atoms. The van der Waals surface area contributed by atoms with Gasteiger partial charge in [-0.2, -0.15) is 5.10 Å². The van der Waals surface area contributed by atoms with Crippen LogP contribution in [0.1, 0.15) is 21.7 Å². The molecule has 2 amide bonds. The van der Waals surface area contributed by atoms with Crippen molar-refractivity contribution in [3.05, 3.63) is 47.4 Å². The molecule has 2 heterocycles. The summed E-state index contributed by atoms with van der Waals surface area (Å²) in [4.78, 5) is 34.4. The number of rotatable bonds is 6. The molecule has 162 valence electrons. The molecule has 0 saturated carbocycles. The predicted octanol–water partition coefficient (Wildman–Crippen LogP) is 3.18. The molecule has 11 heteroatoms. The Hall–Kier alpha value is -4.15. The van der Waals surface area contributed by atoms with Crippen LogP contribution in [0.5, 0.6) is 0 Å². The minimum absolute atomic E-state index is 0.150. The van der Waals surface area contributed by atoms with Crippen molar-refractivity contribution in [2.45, 2.75) is 13.8 Å². The number of benzene rings is 1. The Kier molecular flexibility index (Phi) is 6.34. The zero-order valence-electron chi connectivity index (χ0n) is 17.9. The molecule has 31 heavy (non-hydrogen) atoms. The number of aryl methyl sites for hydroxylation is 2. The molecule has 0 aliphatic carbocycles. The molecular weight excluding hydrogens is 400 g/mol. The number of hydrogen-bond donors (Lipinski definition) is 4. The zero-order valence-corrected chi connectivity index (χ0v) is 17.9. The van der Waals surface area contributed by atoms with E-state index >= 15 is 0 Å². The monoisotopic (exact) mass is 424 g/mol. The average molecular weight is 424 g/mol. The molecule has 0 atom stereocenters. The molecule has 11 nitrogen and oxygen atoms in total. The first-order chi connectivity index (χ1) is 14.8. The van der Waals surface area contributed by atoms with Crippen LogP contribution in [0.4, 0.5) is 33.6 Å². The maximum absolute atomic E-state index is 12.6. The number of amides is 2. The molecule has 0 unspecified atom stereocenters. The molecule has 3 rings (SSSR count). The van der Waals surface area contributed by atoms with Gasteiger partial charge in [0.15, 0.2) is 23.1 Å². The van der Waals surface area contributed by atoms with Gasteiger partial charge in [0, 0.05) is 37.2 Å². The van der Waals surface area contributed by atoms with Crippen molar-refractivity contribution in [1.29, 1.82) is 0 Å². The molecular formula is C20H24N8O3. The van der Waals surface area contributed by atoms with Crippen LogP contribution in [0, 0.1) is 13.8 Å². The fourth-order valence-electron chi connectivity index (χ4n) is 2.65. The summed E-state index contributed by atoms with van der Waals surface area (Å²) in [5.41, 5.74) is 3.05. The Balaban J connectivity index is 1.95. The van der Waals surface area contributed by atoms with Crippen molar-refractivity contribution in [3.8, 4) is 0 Å². The van der Waals surface area contributed by atoms with E-state index in [9.17, 15) is 9.59 Å². The molecule has 0 spiro atoms. The molecule has 2 aromatic heterocycles. The van der Waals surface area contributed by atoms with Crippen molar-refractivity contribution >= 4 is 40.8 Å². The molecule has 4 N–H and O–H groups in total. The van der Waals surface area contributed by atoms with Crippen molar-refractivity contribution in [1.82, 2.24) is 25.1 Å². The number of ether oxygens (including phenoxy) is 1. The van der Waals surface area contributed by atoms with E-state index in [4.69, 9.17) is 0 Å². The van der Waals surface area contributed by atoms with E-state index in [-0.39, 0.29) is 17.4 Å². The number of nitrogens with zero attached hydrogens (tertiary/aromatic N) is 4. The Morgan fingerprint density at radius 1 is 1.10 bits per heavy atom. The fourth-order valence-corrected chi connectivity index (χ4v) is 2.65. The first-order valence-corrected chi connectivity index (χ1v) is 9.37. The van der Waals surface area contributed by atoms with E-state index in [1.165, 1.54) is 18.2 Å². The topological polar surface area (TPSA) is 137 Å². The fraction of sp³-hybridized carbons (Fsp3) is 0.250. The van der Waals surface area contributed by atoms with Gasteiger partial charge in [0.2, 0.25) is 0 Å². The van der Waals surface area contributed by atoms with Gasteiger partial charge in [0.05, 0.1) is 13.3 Å². The molecule has 0 fully saturated rings. The summed E-state index contributed by atoms with van der Waals surface area (Å²) >= 11 is 0. The van der Waals surface area contributed by atoms with Crippen LogP contribution in [0.2, 0.25) is 0 Å². The van der Waals surface area contributed by atoms with E-state index in [1.54, 1.807) is 26.2 Å². The second kappa shape index (κ2) is 9.11. The Morgan fingerprint density at radius 2 is 1.87 bits per heavy atom. The second-order valence-corrected chi connectivity index (χ2v) is 6.98. The highest BCUT2D eigenvalue weighted by Crippen LogP contribution is 2.26. The van der Waals surface area contributed by atoms with Crippen LogP contribution < -0.4 is 16.0 Å². The van der Waals surface area contributed by atoms with Gasteiger partial charge in [-0.1, -0.05) is 6.07 Å². The number of methoxy groups -OCH3 is 1. The smallest absolute Gasteiger partial charge is 0.411 e. The van der Waals surface area contributed by atoms with Crippen molar-refractivity contribution in [2.75, 3.05) is 37.2 Å². The number of carbonyl (C=O) groups excluding carboxylic acids is 2. The Morgan fingerprint density at radius 3 is 2.52 bits per heavy atom. The standard InChI is InChI=1S/C20H24N8O3/c1-11-6-7-13(9-14(11)23-20(30)31-5)22-18-17(19(29)28(3)4)21-10-16(25-18)24-15-8-12(2)26-27-15/h6-10H,1-5H3,(H,23,30)(H3,22,24,25,26,27). The first kappa shape index (κ1) is 21.6. The van der Waals surface area contributed by atoms with E-state index in [0.29, 0.717) is 23.0 Å². The summed E-state index contributed by atoms with van der Waals surface area (Å²) < 4.78 is 4.66. The van der Waals surface area contributed by atoms with Crippen LogP contribution in [-0.4, -0.2) is 58.3 Å². The highest BCUT2D eigenvalue weighted by atomic mass is 16.5. The third-order valence-electron chi connectivity index (χ3n) is 4.27. The quantitative estimate of drug-likeness (QED) is 0.473. The predicted molar refractivity (Wildman–Crippen MR) is 117 cm³/mol. The van der Waals surface area contributed by atoms with Gasteiger partial charge in [0.25, 0.3) is 5.91 Å². The van der Waals surface area contributed by atoms with Gasteiger partial charge in [-0.3, -0.25) is 15.2 Å². The van der Waals surface area contributed by atoms with E-state index in [0.717, 1.165) is 11.3 Å². The second-order valence-electron chi connectivity index (χ2n) is 6.98. The van der Waals surface area contributed by atoms with Crippen LogP contribution in [0.25, 0.3) is 0 Å². The number of hydrogen-bond acceptors (Lipinski definition) is 8. The Bertz CT molecular complexity index is 1110. The van der Waals surface area contributed by atoms with Gasteiger partial charge in [-0.25, -0.2) is 14.8 Å². The molecule has 0 aliphatic rings. The molecule has 0 radical (unpaired) electrons. The number of carbonyl (C=O) groups is 2. The van der Waals surface area contributed by atoms with Crippen molar-refractivity contribution in [3.63, 3.8) is 0 Å². The van der Waals surface area contributed by atoms with Crippen LogP contribution in [-0.2, 0) is 4.74 Å². The lowest BCUT2D eigenvalue weighted by atomic mass is 10.2. The van der Waals surface area contributed by atoms with Crippen molar-refractivity contribution in [2.24, 2.45) is 0 Å². The average Bonchev–Trinajstić information content (AvgIpc) is 3.14. The van der Waals surface area contributed by atoms with E-state index in [2.05, 4.69) is 40.9 Å². The first-order valence-electron chi connectivity index (χ1n) is 9.37. The summed E-state index contributed by atoms with van der Waals surface area (Å²) in [5.74, 6) is 0.926. The van der Waals surface area contributed by atoms with Gasteiger partial charge >= 0.3 is 6.09 Å². The highest BCUT2D eigenvalue weighted by molar-refractivity contribution is 5.97. The summed E-state index contributed by atoms with van der Waals surface area (Å²) in [7, 11) is 4.56. The van der Waals surface area contributed by atoms with E-state index in [1.807, 2.05) is 26.0 Å². The lowest BCUT2D eigenvalue weighted by Crippen LogP contribution is -2.24. The summed E-state index contributed by atoms with van der Waals surface area (Å²) in [6.45, 7) is 3.74. The zero-order chi connectivity index (χ0) is 22.5. The van der Waals surface area contributed by atoms with Crippen molar-refractivity contribution < 1.29 is 14.3 Å². The normalized spacial score (nSPS) is 10.4. The summed E-state index contributed by atoms with van der Waals surface area (Å²) in [5, 5.41) is 15.8. The molecule has 3 aromatic rings. The molecule has 0 saturated heterocycles. The number of aromatic amines is 1. The summed E-state index contributed by atoms with van der Waals surface area (Å²) in [6, 6.07) is 7.16. The number of nitrogens with one attached hydrogen (secondary N) is 4. The van der Waals surface area contributed by atoms with Crippen LogP contribution in [0.15, 0.2) is 30.5 Å². The minimum Gasteiger partial charge on any atom is -0.453 e. The largest absolute Gasteiger partial charge is 0.453 e. The Labute approximate surface area is 179 Å². The van der Waals surface area contributed by atoms with Gasteiger partial charge in [0.1, 0.15) is 0 Å². The maximum Gasteiger partial charge on any atom is 0.411 e. The van der Waals surface area contributed by atoms with Gasteiger partial charge in [-0.05, 0) is 31.5 Å². The number of H-pyrrole nitrogens is 1. The molecule has 1 aromatic carbocycles. The summed E-state index contributed by atoms with van der Waals surface area (Å²) in [6.07, 6.45) is 0.884. The third-order valence-corrected chi connectivity index (χ3v) is 4.27. The third kappa shape index (κ3) is 5.26. The maximum atomic E-state index is 12.6. The lowest BCUT2D eigenvalue weighted by Gasteiger charge is -2.16. The van der Waals surface area contributed by atoms with Crippen LogP contribution >= 0.6 is 0 Å².